The van der Waals surface area contributed by atoms with Crippen molar-refractivity contribution in [1.82, 2.24) is 9.97 Å². The lowest BCUT2D eigenvalue weighted by Gasteiger charge is -2.17. The summed E-state index contributed by atoms with van der Waals surface area (Å²) in [6.07, 6.45) is 5.72. The van der Waals surface area contributed by atoms with Crippen LogP contribution in [-0.2, 0) is 6.42 Å². The van der Waals surface area contributed by atoms with Crippen LogP contribution in [0, 0.1) is 0 Å². The van der Waals surface area contributed by atoms with Gasteiger partial charge in [-0.3, -0.25) is 4.98 Å². The van der Waals surface area contributed by atoms with E-state index < -0.39 is 0 Å². The molecule has 0 bridgehead atoms. The zero-order valence-electron chi connectivity index (χ0n) is 11.4. The van der Waals surface area contributed by atoms with Crippen LogP contribution in [0.3, 0.4) is 0 Å². The number of rotatable bonds is 3. The fourth-order valence-electron chi connectivity index (χ4n) is 2.41. The molecule has 0 aliphatic heterocycles. The van der Waals surface area contributed by atoms with Crippen molar-refractivity contribution in [3.05, 3.63) is 42.2 Å². The predicted octanol–water partition coefficient (Wildman–Crippen LogP) is 3.39. The van der Waals surface area contributed by atoms with Crippen LogP contribution in [-0.4, -0.2) is 15.5 Å². The Balaban J connectivity index is 1.99. The molecule has 19 heavy (non-hydrogen) atoms. The SMILES string of the molecule is CC(C)(N)CCc1ccc2c(c1)[nH]c1ccncc12. The first kappa shape index (κ1) is 12.2. The van der Waals surface area contributed by atoms with Gasteiger partial charge in [-0.15, -0.1) is 0 Å². The van der Waals surface area contributed by atoms with E-state index in [2.05, 4.69) is 42.0 Å². The maximum Gasteiger partial charge on any atom is 0.0495 e. The average molecular weight is 253 g/mol. The summed E-state index contributed by atoms with van der Waals surface area (Å²) >= 11 is 0. The number of hydrogen-bond donors (Lipinski definition) is 2. The summed E-state index contributed by atoms with van der Waals surface area (Å²) in [5.74, 6) is 0. The number of aromatic amines is 1. The highest BCUT2D eigenvalue weighted by Gasteiger charge is 2.11. The van der Waals surface area contributed by atoms with E-state index in [9.17, 15) is 0 Å². The third-order valence-corrected chi connectivity index (χ3v) is 3.52. The van der Waals surface area contributed by atoms with Crippen molar-refractivity contribution < 1.29 is 0 Å². The number of H-pyrrole nitrogens is 1. The molecule has 0 saturated heterocycles. The number of benzene rings is 1. The minimum absolute atomic E-state index is 0.112. The number of fused-ring (bicyclic) bond motifs is 3. The van der Waals surface area contributed by atoms with Crippen LogP contribution in [0.15, 0.2) is 36.7 Å². The molecule has 0 radical (unpaired) electrons. The lowest BCUT2D eigenvalue weighted by atomic mass is 9.96. The van der Waals surface area contributed by atoms with Crippen LogP contribution in [0.25, 0.3) is 21.8 Å². The zero-order chi connectivity index (χ0) is 13.5. The van der Waals surface area contributed by atoms with Gasteiger partial charge in [-0.2, -0.15) is 0 Å². The second-order valence-corrected chi connectivity index (χ2v) is 5.91. The van der Waals surface area contributed by atoms with E-state index in [1.54, 1.807) is 0 Å². The number of aromatic nitrogens is 2. The number of hydrogen-bond acceptors (Lipinski definition) is 2. The van der Waals surface area contributed by atoms with E-state index in [4.69, 9.17) is 5.73 Å². The highest BCUT2D eigenvalue weighted by molar-refractivity contribution is 6.06. The Hall–Kier alpha value is -1.87. The highest BCUT2D eigenvalue weighted by atomic mass is 14.7. The molecule has 0 aliphatic rings. The maximum absolute atomic E-state index is 6.04. The standard InChI is InChI=1S/C16H19N3/c1-16(2,17)7-5-11-3-4-12-13-10-18-8-6-14(13)19-15(12)9-11/h3-4,6,8-10,19H,5,7,17H2,1-2H3. The molecule has 0 unspecified atom stereocenters. The quantitative estimate of drug-likeness (QED) is 0.751. The second kappa shape index (κ2) is 4.35. The van der Waals surface area contributed by atoms with Crippen LogP contribution in [0.2, 0.25) is 0 Å². The molecular weight excluding hydrogens is 234 g/mol. The zero-order valence-corrected chi connectivity index (χ0v) is 11.4. The van der Waals surface area contributed by atoms with Crippen molar-refractivity contribution in [1.29, 1.82) is 0 Å². The first-order valence-corrected chi connectivity index (χ1v) is 6.66. The van der Waals surface area contributed by atoms with Crippen molar-refractivity contribution in [3.8, 4) is 0 Å². The molecule has 3 nitrogen and oxygen atoms in total. The van der Waals surface area contributed by atoms with Gasteiger partial charge in [0, 0.05) is 39.7 Å². The van der Waals surface area contributed by atoms with Gasteiger partial charge >= 0.3 is 0 Å². The summed E-state index contributed by atoms with van der Waals surface area (Å²) in [4.78, 5) is 7.63. The summed E-state index contributed by atoms with van der Waals surface area (Å²) in [5.41, 5.74) is 9.57. The molecule has 2 heterocycles. The Morgan fingerprint density at radius 1 is 1.16 bits per heavy atom. The van der Waals surface area contributed by atoms with Crippen molar-refractivity contribution in [2.75, 3.05) is 0 Å². The third kappa shape index (κ3) is 2.47. The fourth-order valence-corrected chi connectivity index (χ4v) is 2.41. The summed E-state index contributed by atoms with van der Waals surface area (Å²) in [7, 11) is 0. The van der Waals surface area contributed by atoms with Gasteiger partial charge < -0.3 is 10.7 Å². The molecule has 98 valence electrons. The fraction of sp³-hybridized carbons (Fsp3) is 0.312. The second-order valence-electron chi connectivity index (χ2n) is 5.91. The van der Waals surface area contributed by atoms with Gasteiger partial charge in [-0.25, -0.2) is 0 Å². The molecule has 0 saturated carbocycles. The molecule has 3 rings (SSSR count). The molecule has 0 spiro atoms. The Morgan fingerprint density at radius 2 is 2.00 bits per heavy atom. The van der Waals surface area contributed by atoms with Crippen LogP contribution >= 0.6 is 0 Å². The summed E-state index contributed by atoms with van der Waals surface area (Å²) in [6, 6.07) is 8.60. The van der Waals surface area contributed by atoms with E-state index in [1.807, 2.05) is 18.5 Å². The van der Waals surface area contributed by atoms with Crippen molar-refractivity contribution >= 4 is 21.8 Å². The number of nitrogens with two attached hydrogens (primary N) is 1. The monoisotopic (exact) mass is 253 g/mol. The molecule has 3 aromatic rings. The van der Waals surface area contributed by atoms with Gasteiger partial charge in [0.05, 0.1) is 0 Å². The van der Waals surface area contributed by atoms with Gasteiger partial charge in [-0.1, -0.05) is 12.1 Å². The molecule has 0 aliphatic carbocycles. The average Bonchev–Trinajstić information content (AvgIpc) is 2.73. The van der Waals surface area contributed by atoms with Crippen LogP contribution in [0.1, 0.15) is 25.8 Å². The number of pyridine rings is 1. The number of aryl methyl sites for hydroxylation is 1. The first-order chi connectivity index (χ1) is 9.03. The molecular formula is C16H19N3. The molecule has 3 N–H and O–H groups in total. The molecule has 0 atom stereocenters. The van der Waals surface area contributed by atoms with Crippen molar-refractivity contribution in [2.24, 2.45) is 5.73 Å². The minimum atomic E-state index is -0.112. The van der Waals surface area contributed by atoms with Gasteiger partial charge in [0.25, 0.3) is 0 Å². The van der Waals surface area contributed by atoms with Gasteiger partial charge in [0.2, 0.25) is 0 Å². The van der Waals surface area contributed by atoms with Gasteiger partial charge in [0.1, 0.15) is 0 Å². The van der Waals surface area contributed by atoms with E-state index >= 15 is 0 Å². The molecule has 3 heteroatoms. The Kier molecular flexibility index (Phi) is 2.79. The maximum atomic E-state index is 6.04. The smallest absolute Gasteiger partial charge is 0.0495 e. The molecule has 1 aromatic carbocycles. The van der Waals surface area contributed by atoms with Crippen LogP contribution in [0.4, 0.5) is 0 Å². The molecule has 2 aromatic heterocycles. The Labute approximate surface area is 112 Å². The van der Waals surface area contributed by atoms with E-state index in [1.165, 1.54) is 21.9 Å². The minimum Gasteiger partial charge on any atom is -0.354 e. The van der Waals surface area contributed by atoms with Crippen LogP contribution in [0.5, 0.6) is 0 Å². The summed E-state index contributed by atoms with van der Waals surface area (Å²) in [6.45, 7) is 4.14. The van der Waals surface area contributed by atoms with Crippen molar-refractivity contribution in [2.45, 2.75) is 32.2 Å². The lowest BCUT2D eigenvalue weighted by molar-refractivity contribution is 0.477. The van der Waals surface area contributed by atoms with Crippen molar-refractivity contribution in [3.63, 3.8) is 0 Å². The van der Waals surface area contributed by atoms with Gasteiger partial charge in [0.15, 0.2) is 0 Å². The largest absolute Gasteiger partial charge is 0.354 e. The third-order valence-electron chi connectivity index (χ3n) is 3.52. The van der Waals surface area contributed by atoms with E-state index in [0.29, 0.717) is 0 Å². The van der Waals surface area contributed by atoms with Crippen LogP contribution < -0.4 is 5.73 Å². The first-order valence-electron chi connectivity index (χ1n) is 6.66. The summed E-state index contributed by atoms with van der Waals surface area (Å²) < 4.78 is 0. The normalized spacial score (nSPS) is 12.4. The number of nitrogens with zero attached hydrogens (tertiary/aromatic N) is 1. The highest BCUT2D eigenvalue weighted by Crippen LogP contribution is 2.25. The Morgan fingerprint density at radius 3 is 2.79 bits per heavy atom. The predicted molar refractivity (Wildman–Crippen MR) is 80.2 cm³/mol. The van der Waals surface area contributed by atoms with E-state index in [0.717, 1.165) is 18.4 Å². The lowest BCUT2D eigenvalue weighted by Crippen LogP contribution is -2.32. The topological polar surface area (TPSA) is 54.7 Å². The number of nitrogens with one attached hydrogen (secondary N) is 1. The molecule has 0 amide bonds. The Bertz CT molecular complexity index is 720. The molecule has 0 fully saturated rings. The van der Waals surface area contributed by atoms with Gasteiger partial charge in [-0.05, 0) is 44.4 Å². The van der Waals surface area contributed by atoms with E-state index in [-0.39, 0.29) is 5.54 Å². The summed E-state index contributed by atoms with van der Waals surface area (Å²) in [5, 5.41) is 2.42.